The minimum Gasteiger partial charge on any atom is -0.507 e. The quantitative estimate of drug-likeness (QED) is 0.0688. The monoisotopic (exact) mass is 772 g/mol. The summed E-state index contributed by atoms with van der Waals surface area (Å²) < 4.78 is 44.2. The van der Waals surface area contributed by atoms with Crippen molar-refractivity contribution in [2.45, 2.75) is 61.2 Å². The van der Waals surface area contributed by atoms with Gasteiger partial charge in [-0.05, 0) is 41.5 Å². The Bertz CT molecular complexity index is 1870. The number of methoxy groups -OCH3 is 2. The Kier molecular flexibility index (Phi) is 11.8. The molecule has 2 saturated heterocycles. The molecular formula is C37H40O18. The number of fused-ring (bicyclic) bond motifs is 1. The van der Waals surface area contributed by atoms with Gasteiger partial charge in [0, 0.05) is 18.2 Å². The molecule has 3 aliphatic heterocycles. The van der Waals surface area contributed by atoms with Crippen LogP contribution in [0.4, 0.5) is 0 Å². The summed E-state index contributed by atoms with van der Waals surface area (Å²) in [5.74, 6) is -1.71. The molecule has 0 radical (unpaired) electrons. The molecule has 3 heterocycles. The molecule has 6 rings (SSSR count). The van der Waals surface area contributed by atoms with Crippen molar-refractivity contribution in [3.63, 3.8) is 0 Å². The highest BCUT2D eigenvalue weighted by Gasteiger charge is 2.53. The Morgan fingerprint density at radius 3 is 2.25 bits per heavy atom. The van der Waals surface area contributed by atoms with E-state index in [0.29, 0.717) is 11.1 Å². The molecule has 0 unspecified atom stereocenters. The lowest BCUT2D eigenvalue weighted by Gasteiger charge is -2.42. The maximum atomic E-state index is 13.1. The number of benzene rings is 3. The van der Waals surface area contributed by atoms with Gasteiger partial charge >= 0.3 is 5.97 Å². The van der Waals surface area contributed by atoms with Crippen molar-refractivity contribution in [1.82, 2.24) is 0 Å². The molecule has 0 bridgehead atoms. The number of ether oxygens (including phenoxy) is 8. The number of carbonyl (C=O) groups excluding carboxylic acids is 2. The lowest BCUT2D eigenvalue weighted by Crippen LogP contribution is -2.62. The molecule has 55 heavy (non-hydrogen) atoms. The number of aromatic hydroxyl groups is 2. The summed E-state index contributed by atoms with van der Waals surface area (Å²) in [6, 6.07) is 11.5. The van der Waals surface area contributed by atoms with E-state index in [1.807, 2.05) is 0 Å². The first-order valence-corrected chi connectivity index (χ1v) is 16.9. The van der Waals surface area contributed by atoms with Crippen LogP contribution in [-0.4, -0.2) is 135 Å². The van der Waals surface area contributed by atoms with Crippen molar-refractivity contribution >= 4 is 17.8 Å². The third kappa shape index (κ3) is 8.18. The predicted octanol–water partition coefficient (Wildman–Crippen LogP) is 0.0839. The molecule has 0 saturated carbocycles. The van der Waals surface area contributed by atoms with E-state index in [2.05, 4.69) is 0 Å². The van der Waals surface area contributed by atoms with Crippen molar-refractivity contribution in [2.24, 2.45) is 0 Å². The zero-order chi connectivity index (χ0) is 39.6. The standard InChI is InChI=1S/C37H40O18/c1-48-25-9-17(10-26(49-2)30(25)43)3-8-28(42)51-20-11-21(40)29-22(41)13-23(53-24(29)12-20)18-4-6-19(7-5-18)52-35-33(32(45)31(44)27(14-38)54-35)55-36-34(46)37(47,15-39)16-50-36/h3-12,23,27,31-36,38-40,43-47H,13-16H2,1-2H3/t23-,27+,31+,32-,33+,34+,35+,36-,37+/m0/s1. The number of rotatable bonds is 12. The number of ketones is 1. The Balaban J connectivity index is 1.14. The maximum absolute atomic E-state index is 13.1. The minimum absolute atomic E-state index is 0.0380. The second kappa shape index (κ2) is 16.4. The minimum atomic E-state index is -2.03. The normalized spacial score (nSPS) is 29.1. The van der Waals surface area contributed by atoms with E-state index in [4.69, 9.17) is 37.9 Å². The van der Waals surface area contributed by atoms with Crippen molar-refractivity contribution in [3.8, 4) is 40.2 Å². The topological polar surface area (TPSA) is 270 Å². The van der Waals surface area contributed by atoms with E-state index >= 15 is 0 Å². The Labute approximate surface area is 312 Å². The number of phenolic OH excluding ortho intramolecular Hbond substituents is 2. The SMILES string of the molecule is COc1cc(C=CC(=O)Oc2cc(O)c3c(c2)O[C@H](c2ccc(O[C@@H]4O[C@H](CO)[C@@H](O)[C@H](O)[C@H]4O[C@@H]4OC[C@](O)(CO)[C@@H]4O)cc2)CC3=O)cc(OC)c1O. The highest BCUT2D eigenvalue weighted by Crippen LogP contribution is 2.43. The number of phenols is 2. The third-order valence-electron chi connectivity index (χ3n) is 9.31. The van der Waals surface area contributed by atoms with Crippen molar-refractivity contribution in [3.05, 3.63) is 71.3 Å². The van der Waals surface area contributed by atoms with Crippen LogP contribution in [0.2, 0.25) is 0 Å². The predicted molar refractivity (Wildman–Crippen MR) is 184 cm³/mol. The number of hydrogen-bond donors (Lipinski definition) is 8. The largest absolute Gasteiger partial charge is 0.507 e. The van der Waals surface area contributed by atoms with Gasteiger partial charge < -0.3 is 78.7 Å². The summed E-state index contributed by atoms with van der Waals surface area (Å²) in [6.45, 7) is -2.02. The van der Waals surface area contributed by atoms with Gasteiger partial charge in [0.25, 0.3) is 0 Å². The van der Waals surface area contributed by atoms with Gasteiger partial charge in [0.15, 0.2) is 29.7 Å². The first-order chi connectivity index (χ1) is 26.3. The van der Waals surface area contributed by atoms with Gasteiger partial charge in [-0.25, -0.2) is 4.79 Å². The molecule has 3 aromatic rings. The van der Waals surface area contributed by atoms with E-state index in [1.165, 1.54) is 50.6 Å². The number of esters is 1. The van der Waals surface area contributed by atoms with Gasteiger partial charge in [-0.1, -0.05) is 12.1 Å². The Morgan fingerprint density at radius 2 is 1.64 bits per heavy atom. The van der Waals surface area contributed by atoms with Gasteiger partial charge in [0.1, 0.15) is 64.7 Å². The number of hydrogen-bond acceptors (Lipinski definition) is 18. The fourth-order valence-electron chi connectivity index (χ4n) is 6.24. The van der Waals surface area contributed by atoms with Gasteiger partial charge in [-0.15, -0.1) is 0 Å². The van der Waals surface area contributed by atoms with Crippen LogP contribution in [0.5, 0.6) is 40.2 Å². The van der Waals surface area contributed by atoms with Crippen LogP contribution in [0.15, 0.2) is 54.6 Å². The molecule has 18 heteroatoms. The van der Waals surface area contributed by atoms with E-state index in [1.54, 1.807) is 12.1 Å². The number of aliphatic hydroxyl groups excluding tert-OH is 5. The number of carbonyl (C=O) groups is 2. The van der Waals surface area contributed by atoms with Crippen LogP contribution >= 0.6 is 0 Å². The van der Waals surface area contributed by atoms with Crippen LogP contribution in [0.1, 0.15) is 34.0 Å². The average molecular weight is 773 g/mol. The number of Topliss-reactive ketones (excluding diaryl/α,β-unsaturated/α-hetero) is 1. The third-order valence-corrected chi connectivity index (χ3v) is 9.31. The summed E-state index contributed by atoms with van der Waals surface area (Å²) in [7, 11) is 2.72. The second-order valence-electron chi connectivity index (χ2n) is 13.0. The molecule has 3 aliphatic rings. The molecule has 9 atom stereocenters. The van der Waals surface area contributed by atoms with E-state index in [0.717, 1.165) is 12.1 Å². The molecule has 2 fully saturated rings. The first kappa shape index (κ1) is 39.7. The Hall–Kier alpha value is -5.02. The van der Waals surface area contributed by atoms with Crippen molar-refractivity contribution in [1.29, 1.82) is 0 Å². The van der Waals surface area contributed by atoms with Gasteiger partial charge in [0.05, 0.1) is 40.5 Å². The van der Waals surface area contributed by atoms with Crippen molar-refractivity contribution < 1.29 is 88.3 Å². The van der Waals surface area contributed by atoms with Gasteiger partial charge in [-0.2, -0.15) is 0 Å². The summed E-state index contributed by atoms with van der Waals surface area (Å²) in [5.41, 5.74) is -1.17. The van der Waals surface area contributed by atoms with Crippen LogP contribution in [0, 0.1) is 0 Å². The average Bonchev–Trinajstić information content (AvgIpc) is 3.46. The summed E-state index contributed by atoms with van der Waals surface area (Å²) in [6.07, 6.45) is -9.40. The van der Waals surface area contributed by atoms with Crippen LogP contribution < -0.4 is 23.7 Å². The molecule has 0 aromatic heterocycles. The smallest absolute Gasteiger partial charge is 0.336 e. The zero-order valence-corrected chi connectivity index (χ0v) is 29.4. The molecule has 296 valence electrons. The molecule has 0 aliphatic carbocycles. The molecule has 8 N–H and O–H groups in total. The van der Waals surface area contributed by atoms with Crippen LogP contribution in [0.25, 0.3) is 6.08 Å². The number of aliphatic hydroxyl groups is 6. The zero-order valence-electron chi connectivity index (χ0n) is 29.4. The summed E-state index contributed by atoms with van der Waals surface area (Å²) >= 11 is 0. The van der Waals surface area contributed by atoms with Gasteiger partial charge in [0.2, 0.25) is 12.0 Å². The molecule has 0 spiro atoms. The fraction of sp³-hybridized carbons (Fsp3) is 0.405. The second-order valence-corrected chi connectivity index (χ2v) is 13.0. The molecule has 3 aromatic carbocycles. The Morgan fingerprint density at radius 1 is 0.945 bits per heavy atom. The highest BCUT2D eigenvalue weighted by molar-refractivity contribution is 6.03. The van der Waals surface area contributed by atoms with Gasteiger partial charge in [-0.3, -0.25) is 4.79 Å². The molecular weight excluding hydrogens is 732 g/mol. The van der Waals surface area contributed by atoms with E-state index < -0.39 is 92.1 Å². The summed E-state index contributed by atoms with van der Waals surface area (Å²) in [4.78, 5) is 25.8. The van der Waals surface area contributed by atoms with E-state index in [9.17, 15) is 50.4 Å². The van der Waals surface area contributed by atoms with E-state index in [-0.39, 0.29) is 46.5 Å². The molecule has 18 nitrogen and oxygen atoms in total. The lowest BCUT2D eigenvalue weighted by atomic mass is 9.95. The fourth-order valence-corrected chi connectivity index (χ4v) is 6.24. The summed E-state index contributed by atoms with van der Waals surface area (Å²) in [5, 5.41) is 82.0. The lowest BCUT2D eigenvalue weighted by molar-refractivity contribution is -0.318. The van der Waals surface area contributed by atoms with Crippen molar-refractivity contribution in [2.75, 3.05) is 34.0 Å². The maximum Gasteiger partial charge on any atom is 0.336 e. The van der Waals surface area contributed by atoms with Crippen LogP contribution in [0.3, 0.4) is 0 Å². The first-order valence-electron chi connectivity index (χ1n) is 16.9. The molecule has 0 amide bonds. The van der Waals surface area contributed by atoms with Crippen LogP contribution in [-0.2, 0) is 19.0 Å². The highest BCUT2D eigenvalue weighted by atomic mass is 16.8.